The number of aliphatic hydroxyl groups is 1. The second-order valence-corrected chi connectivity index (χ2v) is 6.33. The number of halogens is 1. The number of para-hydroxylation sites is 1. The summed E-state index contributed by atoms with van der Waals surface area (Å²) in [6.07, 6.45) is 0.0406. The Morgan fingerprint density at radius 3 is 2.81 bits per heavy atom. The molecule has 4 heteroatoms. The van der Waals surface area contributed by atoms with Crippen LogP contribution in [0.2, 0.25) is 0 Å². The van der Waals surface area contributed by atoms with Crippen molar-refractivity contribution in [3.05, 3.63) is 64.1 Å². The SMILES string of the molecule is NCC1(C(O)c2cccc(Br)c2)CCOc2ccccc21. The highest BCUT2D eigenvalue weighted by Crippen LogP contribution is 2.46. The van der Waals surface area contributed by atoms with Gasteiger partial charge in [-0.2, -0.15) is 0 Å². The maximum Gasteiger partial charge on any atom is 0.123 e. The summed E-state index contributed by atoms with van der Waals surface area (Å²) < 4.78 is 6.66. The molecule has 0 bridgehead atoms. The van der Waals surface area contributed by atoms with Crippen molar-refractivity contribution in [3.63, 3.8) is 0 Å². The largest absolute Gasteiger partial charge is 0.493 e. The molecule has 1 aliphatic rings. The molecule has 2 aromatic rings. The molecule has 2 aromatic carbocycles. The fourth-order valence-electron chi connectivity index (χ4n) is 3.08. The molecule has 2 unspecified atom stereocenters. The molecule has 0 fully saturated rings. The van der Waals surface area contributed by atoms with Crippen LogP contribution in [-0.4, -0.2) is 18.3 Å². The van der Waals surface area contributed by atoms with Crippen LogP contribution in [0.5, 0.6) is 5.75 Å². The van der Waals surface area contributed by atoms with E-state index in [0.29, 0.717) is 19.6 Å². The van der Waals surface area contributed by atoms with E-state index in [1.54, 1.807) is 0 Å². The lowest BCUT2D eigenvalue weighted by atomic mass is 9.70. The maximum absolute atomic E-state index is 11.0. The van der Waals surface area contributed by atoms with Crippen molar-refractivity contribution in [2.24, 2.45) is 5.73 Å². The predicted molar refractivity (Wildman–Crippen MR) is 86.4 cm³/mol. The molecule has 1 heterocycles. The van der Waals surface area contributed by atoms with E-state index in [-0.39, 0.29) is 0 Å². The lowest BCUT2D eigenvalue weighted by Gasteiger charge is -2.41. The van der Waals surface area contributed by atoms with Crippen molar-refractivity contribution < 1.29 is 9.84 Å². The van der Waals surface area contributed by atoms with E-state index in [4.69, 9.17) is 10.5 Å². The maximum atomic E-state index is 11.0. The topological polar surface area (TPSA) is 55.5 Å². The van der Waals surface area contributed by atoms with Gasteiger partial charge in [0.2, 0.25) is 0 Å². The molecule has 21 heavy (non-hydrogen) atoms. The van der Waals surface area contributed by atoms with Gasteiger partial charge in [-0.25, -0.2) is 0 Å². The van der Waals surface area contributed by atoms with Crippen LogP contribution in [0, 0.1) is 0 Å². The molecule has 0 saturated carbocycles. The summed E-state index contributed by atoms with van der Waals surface area (Å²) in [7, 11) is 0. The van der Waals surface area contributed by atoms with Gasteiger partial charge in [-0.1, -0.05) is 46.3 Å². The number of rotatable bonds is 3. The van der Waals surface area contributed by atoms with Gasteiger partial charge < -0.3 is 15.6 Å². The van der Waals surface area contributed by atoms with Crippen molar-refractivity contribution in [3.8, 4) is 5.75 Å². The van der Waals surface area contributed by atoms with Crippen molar-refractivity contribution >= 4 is 15.9 Å². The van der Waals surface area contributed by atoms with E-state index in [0.717, 1.165) is 21.3 Å². The second-order valence-electron chi connectivity index (χ2n) is 5.41. The van der Waals surface area contributed by atoms with Gasteiger partial charge >= 0.3 is 0 Å². The van der Waals surface area contributed by atoms with Crippen LogP contribution in [0.15, 0.2) is 53.0 Å². The number of aliphatic hydroxyl groups excluding tert-OH is 1. The second kappa shape index (κ2) is 5.79. The van der Waals surface area contributed by atoms with Gasteiger partial charge in [-0.15, -0.1) is 0 Å². The van der Waals surface area contributed by atoms with Gasteiger partial charge in [0, 0.05) is 22.0 Å². The summed E-state index contributed by atoms with van der Waals surface area (Å²) >= 11 is 3.46. The van der Waals surface area contributed by atoms with Gasteiger partial charge in [-0.3, -0.25) is 0 Å². The Balaban J connectivity index is 2.09. The molecule has 1 aliphatic heterocycles. The van der Waals surface area contributed by atoms with Crippen molar-refractivity contribution in [2.75, 3.05) is 13.2 Å². The highest BCUT2D eigenvalue weighted by atomic mass is 79.9. The Labute approximate surface area is 132 Å². The molecule has 3 N–H and O–H groups in total. The first kappa shape index (κ1) is 14.6. The van der Waals surface area contributed by atoms with Crippen LogP contribution in [0.1, 0.15) is 23.7 Å². The summed E-state index contributed by atoms with van der Waals surface area (Å²) in [5, 5.41) is 11.0. The molecule has 3 nitrogen and oxygen atoms in total. The average Bonchev–Trinajstić information content (AvgIpc) is 2.53. The fraction of sp³-hybridized carbons (Fsp3) is 0.294. The van der Waals surface area contributed by atoms with E-state index < -0.39 is 11.5 Å². The van der Waals surface area contributed by atoms with Gasteiger partial charge in [0.1, 0.15) is 5.75 Å². The quantitative estimate of drug-likeness (QED) is 0.896. The first-order chi connectivity index (χ1) is 10.2. The number of fused-ring (bicyclic) bond motifs is 1. The van der Waals surface area contributed by atoms with Crippen LogP contribution in [0.25, 0.3) is 0 Å². The minimum Gasteiger partial charge on any atom is -0.493 e. The third kappa shape index (κ3) is 2.48. The monoisotopic (exact) mass is 347 g/mol. The third-order valence-corrected chi connectivity index (χ3v) is 4.77. The number of hydrogen-bond donors (Lipinski definition) is 2. The Hall–Kier alpha value is -1.36. The summed E-state index contributed by atoms with van der Waals surface area (Å²) in [6.45, 7) is 0.945. The smallest absolute Gasteiger partial charge is 0.123 e. The Morgan fingerprint density at radius 2 is 2.05 bits per heavy atom. The lowest BCUT2D eigenvalue weighted by Crippen LogP contribution is -2.44. The van der Waals surface area contributed by atoms with Gasteiger partial charge in [0.15, 0.2) is 0 Å². The summed E-state index contributed by atoms with van der Waals surface area (Å²) in [5.41, 5.74) is 7.46. The molecular formula is C17H18BrNO2. The van der Waals surface area contributed by atoms with E-state index >= 15 is 0 Å². The van der Waals surface area contributed by atoms with Crippen LogP contribution in [0.4, 0.5) is 0 Å². The van der Waals surface area contributed by atoms with Crippen molar-refractivity contribution in [2.45, 2.75) is 17.9 Å². The first-order valence-corrected chi connectivity index (χ1v) is 7.82. The van der Waals surface area contributed by atoms with Crippen LogP contribution < -0.4 is 10.5 Å². The molecule has 0 aliphatic carbocycles. The van der Waals surface area contributed by atoms with Crippen LogP contribution in [0.3, 0.4) is 0 Å². The molecule has 0 aromatic heterocycles. The number of benzene rings is 2. The Kier molecular flexibility index (Phi) is 4.02. The molecule has 0 spiro atoms. The van der Waals surface area contributed by atoms with Gasteiger partial charge in [0.25, 0.3) is 0 Å². The van der Waals surface area contributed by atoms with Gasteiger partial charge in [0.05, 0.1) is 12.7 Å². The number of hydrogen-bond acceptors (Lipinski definition) is 3. The normalized spacial score (nSPS) is 22.2. The molecule has 3 rings (SSSR count). The van der Waals surface area contributed by atoms with E-state index in [1.165, 1.54) is 0 Å². The summed E-state index contributed by atoms with van der Waals surface area (Å²) in [5.74, 6) is 0.822. The molecule has 0 saturated heterocycles. The highest BCUT2D eigenvalue weighted by molar-refractivity contribution is 9.10. The standard InChI is InChI=1S/C17H18BrNO2/c18-13-5-3-4-12(10-13)16(20)17(11-19)8-9-21-15-7-2-1-6-14(15)17/h1-7,10,16,20H,8-9,11,19H2. The van der Waals surface area contributed by atoms with E-state index in [2.05, 4.69) is 15.9 Å². The number of ether oxygens (including phenoxy) is 1. The van der Waals surface area contributed by atoms with Gasteiger partial charge in [-0.05, 0) is 30.2 Å². The van der Waals surface area contributed by atoms with E-state index in [1.807, 2.05) is 48.5 Å². The zero-order valence-electron chi connectivity index (χ0n) is 11.6. The fourth-order valence-corrected chi connectivity index (χ4v) is 3.50. The van der Waals surface area contributed by atoms with Crippen LogP contribution >= 0.6 is 15.9 Å². The Morgan fingerprint density at radius 1 is 1.24 bits per heavy atom. The summed E-state index contributed by atoms with van der Waals surface area (Å²) in [4.78, 5) is 0. The third-order valence-electron chi connectivity index (χ3n) is 4.28. The minimum absolute atomic E-state index is 0.376. The van der Waals surface area contributed by atoms with Crippen molar-refractivity contribution in [1.82, 2.24) is 0 Å². The average molecular weight is 348 g/mol. The molecular weight excluding hydrogens is 330 g/mol. The molecule has 2 atom stereocenters. The zero-order chi connectivity index (χ0) is 14.9. The number of nitrogens with two attached hydrogens (primary N) is 1. The Bertz CT molecular complexity index is 646. The van der Waals surface area contributed by atoms with Crippen molar-refractivity contribution in [1.29, 1.82) is 0 Å². The molecule has 0 radical (unpaired) electrons. The molecule has 0 amide bonds. The summed E-state index contributed by atoms with van der Waals surface area (Å²) in [6, 6.07) is 15.6. The predicted octanol–water partition coefficient (Wildman–Crippen LogP) is 3.16. The lowest BCUT2D eigenvalue weighted by molar-refractivity contribution is 0.0535. The zero-order valence-corrected chi connectivity index (χ0v) is 13.2. The highest BCUT2D eigenvalue weighted by Gasteiger charge is 2.43. The van der Waals surface area contributed by atoms with Crippen LogP contribution in [-0.2, 0) is 5.41 Å². The van der Waals surface area contributed by atoms with E-state index in [9.17, 15) is 5.11 Å². The minimum atomic E-state index is -0.662. The first-order valence-electron chi connectivity index (χ1n) is 7.03. The molecule has 110 valence electrons.